The number of aliphatic hydroxyl groups excluding tert-OH is 1. The molecule has 1 aliphatic rings. The minimum absolute atomic E-state index is 0.114. The molecule has 0 aliphatic heterocycles. The fourth-order valence-corrected chi connectivity index (χ4v) is 2.93. The average Bonchev–Trinajstić information content (AvgIpc) is 2.67. The molecule has 1 rings (SSSR count). The van der Waals surface area contributed by atoms with Crippen molar-refractivity contribution in [3.63, 3.8) is 0 Å². The Bertz CT molecular complexity index is 215. The Morgan fingerprint density at radius 1 is 1.16 bits per heavy atom. The summed E-state index contributed by atoms with van der Waals surface area (Å²) in [5.41, 5.74) is -0.114. The molecule has 0 aromatic rings. The molecule has 0 heterocycles. The summed E-state index contributed by atoms with van der Waals surface area (Å²) >= 11 is 0. The van der Waals surface area contributed by atoms with E-state index in [2.05, 4.69) is 19.2 Å². The Kier molecular flexibility index (Phi) is 8.67. The number of nitrogens with one attached hydrogen (secondary N) is 1. The Morgan fingerprint density at radius 3 is 2.42 bits per heavy atom. The van der Waals surface area contributed by atoms with E-state index in [1.807, 2.05) is 0 Å². The number of aliphatic hydroxyl groups is 1. The summed E-state index contributed by atoms with van der Waals surface area (Å²) in [6.07, 6.45) is 11.7. The molecule has 1 unspecified atom stereocenters. The van der Waals surface area contributed by atoms with Crippen molar-refractivity contribution < 1.29 is 9.84 Å². The molecule has 19 heavy (non-hydrogen) atoms. The third kappa shape index (κ3) is 7.28. The SMILES string of the molecule is CCNC(C)(CO)CCCCOC1CCCCCC1. The van der Waals surface area contributed by atoms with Crippen molar-refractivity contribution in [1.29, 1.82) is 0 Å². The number of likely N-dealkylation sites (N-methyl/N-ethyl adjacent to an activating group) is 1. The van der Waals surface area contributed by atoms with Crippen molar-refractivity contribution in [1.82, 2.24) is 5.32 Å². The van der Waals surface area contributed by atoms with Crippen LogP contribution in [0.1, 0.15) is 71.6 Å². The van der Waals surface area contributed by atoms with Crippen molar-refractivity contribution >= 4 is 0 Å². The second-order valence-corrected chi connectivity index (χ2v) is 6.19. The van der Waals surface area contributed by atoms with Gasteiger partial charge < -0.3 is 15.2 Å². The maximum absolute atomic E-state index is 9.41. The highest BCUT2D eigenvalue weighted by Gasteiger charge is 2.21. The summed E-state index contributed by atoms with van der Waals surface area (Å²) in [4.78, 5) is 0. The zero-order valence-corrected chi connectivity index (χ0v) is 12.9. The number of unbranched alkanes of at least 4 members (excludes halogenated alkanes) is 1. The van der Waals surface area contributed by atoms with E-state index >= 15 is 0 Å². The maximum atomic E-state index is 9.41. The molecule has 0 radical (unpaired) electrons. The molecule has 1 saturated carbocycles. The van der Waals surface area contributed by atoms with Gasteiger partial charge in [-0.1, -0.05) is 32.6 Å². The molecule has 1 fully saturated rings. The third-order valence-electron chi connectivity index (χ3n) is 4.23. The van der Waals surface area contributed by atoms with E-state index in [0.29, 0.717) is 6.10 Å². The lowest BCUT2D eigenvalue weighted by Gasteiger charge is -2.28. The van der Waals surface area contributed by atoms with E-state index in [0.717, 1.165) is 32.4 Å². The summed E-state index contributed by atoms with van der Waals surface area (Å²) in [5.74, 6) is 0. The number of ether oxygens (including phenoxy) is 1. The molecule has 3 heteroatoms. The van der Waals surface area contributed by atoms with Crippen LogP contribution in [0, 0.1) is 0 Å². The van der Waals surface area contributed by atoms with Gasteiger partial charge in [0.1, 0.15) is 0 Å². The van der Waals surface area contributed by atoms with Gasteiger partial charge in [-0.15, -0.1) is 0 Å². The quantitative estimate of drug-likeness (QED) is 0.499. The van der Waals surface area contributed by atoms with Gasteiger partial charge in [0.15, 0.2) is 0 Å². The van der Waals surface area contributed by atoms with Gasteiger partial charge in [0.05, 0.1) is 12.7 Å². The van der Waals surface area contributed by atoms with E-state index in [9.17, 15) is 5.11 Å². The lowest BCUT2D eigenvalue weighted by atomic mass is 9.96. The monoisotopic (exact) mass is 271 g/mol. The first-order chi connectivity index (χ1) is 9.20. The molecule has 1 atom stereocenters. The minimum atomic E-state index is -0.114. The first-order valence-electron chi connectivity index (χ1n) is 8.17. The number of rotatable bonds is 9. The predicted octanol–water partition coefficient (Wildman–Crippen LogP) is 3.26. The molecule has 0 saturated heterocycles. The Morgan fingerprint density at radius 2 is 1.84 bits per heavy atom. The number of hydrogen-bond acceptors (Lipinski definition) is 3. The van der Waals surface area contributed by atoms with Gasteiger partial charge in [-0.05, 0) is 45.6 Å². The highest BCUT2D eigenvalue weighted by atomic mass is 16.5. The summed E-state index contributed by atoms with van der Waals surface area (Å²) in [5, 5.41) is 12.8. The van der Waals surface area contributed by atoms with Crippen LogP contribution >= 0.6 is 0 Å². The molecule has 0 aromatic heterocycles. The van der Waals surface area contributed by atoms with Crippen LogP contribution in [0.4, 0.5) is 0 Å². The largest absolute Gasteiger partial charge is 0.394 e. The molecule has 2 N–H and O–H groups in total. The van der Waals surface area contributed by atoms with Gasteiger partial charge in [-0.3, -0.25) is 0 Å². The molecule has 3 nitrogen and oxygen atoms in total. The second kappa shape index (κ2) is 9.73. The van der Waals surface area contributed by atoms with Crippen molar-refractivity contribution in [2.24, 2.45) is 0 Å². The lowest BCUT2D eigenvalue weighted by Crippen LogP contribution is -2.45. The summed E-state index contributed by atoms with van der Waals surface area (Å²) in [6, 6.07) is 0. The summed E-state index contributed by atoms with van der Waals surface area (Å²) < 4.78 is 5.99. The molecule has 0 amide bonds. The highest BCUT2D eigenvalue weighted by molar-refractivity contribution is 4.81. The molecular formula is C16H33NO2. The molecule has 0 spiro atoms. The van der Waals surface area contributed by atoms with Crippen molar-refractivity contribution in [2.75, 3.05) is 19.8 Å². The molecule has 1 aliphatic carbocycles. The van der Waals surface area contributed by atoms with Crippen LogP contribution in [0.5, 0.6) is 0 Å². The summed E-state index contributed by atoms with van der Waals surface area (Å²) in [7, 11) is 0. The standard InChI is InChI=1S/C16H33NO2/c1-3-17-16(2,14-18)12-8-9-13-19-15-10-6-4-5-7-11-15/h15,17-18H,3-14H2,1-2H3. The van der Waals surface area contributed by atoms with Gasteiger partial charge in [0.2, 0.25) is 0 Å². The second-order valence-electron chi connectivity index (χ2n) is 6.19. The van der Waals surface area contributed by atoms with E-state index in [1.54, 1.807) is 0 Å². The van der Waals surface area contributed by atoms with Crippen LogP contribution in [0.2, 0.25) is 0 Å². The smallest absolute Gasteiger partial charge is 0.0610 e. The normalized spacial score (nSPS) is 21.0. The van der Waals surface area contributed by atoms with Gasteiger partial charge >= 0.3 is 0 Å². The zero-order valence-electron chi connectivity index (χ0n) is 12.9. The van der Waals surface area contributed by atoms with Crippen molar-refractivity contribution in [2.45, 2.75) is 83.3 Å². The van der Waals surface area contributed by atoms with Crippen molar-refractivity contribution in [3.05, 3.63) is 0 Å². The third-order valence-corrected chi connectivity index (χ3v) is 4.23. The minimum Gasteiger partial charge on any atom is -0.394 e. The van der Waals surface area contributed by atoms with E-state index in [1.165, 1.54) is 38.5 Å². The van der Waals surface area contributed by atoms with Gasteiger partial charge in [-0.2, -0.15) is 0 Å². The molecule has 0 bridgehead atoms. The average molecular weight is 271 g/mol. The first kappa shape index (κ1) is 16.9. The van der Waals surface area contributed by atoms with E-state index in [-0.39, 0.29) is 12.1 Å². The van der Waals surface area contributed by atoms with E-state index < -0.39 is 0 Å². The molecular weight excluding hydrogens is 238 g/mol. The fraction of sp³-hybridized carbons (Fsp3) is 1.00. The van der Waals surface area contributed by atoms with Crippen molar-refractivity contribution in [3.8, 4) is 0 Å². The van der Waals surface area contributed by atoms with Gasteiger partial charge in [0, 0.05) is 12.1 Å². The van der Waals surface area contributed by atoms with Crippen LogP contribution < -0.4 is 5.32 Å². The van der Waals surface area contributed by atoms with Crippen LogP contribution in [-0.4, -0.2) is 36.5 Å². The lowest BCUT2D eigenvalue weighted by molar-refractivity contribution is 0.0393. The van der Waals surface area contributed by atoms with Crippen LogP contribution in [0.25, 0.3) is 0 Å². The van der Waals surface area contributed by atoms with Gasteiger partial charge in [0.25, 0.3) is 0 Å². The fourth-order valence-electron chi connectivity index (χ4n) is 2.93. The van der Waals surface area contributed by atoms with Crippen LogP contribution in [0.15, 0.2) is 0 Å². The van der Waals surface area contributed by atoms with Crippen LogP contribution in [-0.2, 0) is 4.74 Å². The summed E-state index contributed by atoms with van der Waals surface area (Å²) in [6.45, 7) is 6.20. The van der Waals surface area contributed by atoms with Crippen LogP contribution in [0.3, 0.4) is 0 Å². The zero-order chi connectivity index (χ0) is 14.0. The molecule has 0 aromatic carbocycles. The number of hydrogen-bond donors (Lipinski definition) is 2. The van der Waals surface area contributed by atoms with Gasteiger partial charge in [-0.25, -0.2) is 0 Å². The van der Waals surface area contributed by atoms with E-state index in [4.69, 9.17) is 4.74 Å². The highest BCUT2D eigenvalue weighted by Crippen LogP contribution is 2.20. The Labute approximate surface area is 119 Å². The first-order valence-corrected chi connectivity index (χ1v) is 8.17. The topological polar surface area (TPSA) is 41.5 Å². The molecule has 114 valence electrons. The maximum Gasteiger partial charge on any atom is 0.0610 e. The predicted molar refractivity (Wildman–Crippen MR) is 80.5 cm³/mol. The Balaban J connectivity index is 2.06. The Hall–Kier alpha value is -0.120.